The fourth-order valence-corrected chi connectivity index (χ4v) is 3.92. The lowest BCUT2D eigenvalue weighted by atomic mass is 10.1. The number of benzene rings is 2. The van der Waals surface area contributed by atoms with E-state index in [-0.39, 0.29) is 22.5 Å². The lowest BCUT2D eigenvalue weighted by molar-refractivity contribution is -0.114. The van der Waals surface area contributed by atoms with E-state index in [1.165, 1.54) is 37.4 Å². The number of aryl methyl sites for hydroxylation is 1. The van der Waals surface area contributed by atoms with Gasteiger partial charge < -0.3 is 14.8 Å². The third kappa shape index (κ3) is 5.96. The van der Waals surface area contributed by atoms with Gasteiger partial charge in [0.15, 0.2) is 0 Å². The number of sulfonamides is 1. The van der Waals surface area contributed by atoms with Crippen LogP contribution in [0.4, 0.5) is 11.4 Å². The Morgan fingerprint density at radius 3 is 2.23 bits per heavy atom. The van der Waals surface area contributed by atoms with Crippen LogP contribution in [0.2, 0.25) is 5.02 Å². The van der Waals surface area contributed by atoms with Gasteiger partial charge in [-0.05, 0) is 48.9 Å². The van der Waals surface area contributed by atoms with Crippen LogP contribution in [0, 0.1) is 6.92 Å². The fraction of sp³-hybridized carbons (Fsp3) is 0.250. The Kier molecular flexibility index (Phi) is 7.64. The van der Waals surface area contributed by atoms with Gasteiger partial charge >= 0.3 is 11.9 Å². The Hall–Kier alpha value is -3.11. The maximum atomic E-state index is 12.7. The second-order valence-corrected chi connectivity index (χ2v) is 8.84. The summed E-state index contributed by atoms with van der Waals surface area (Å²) in [7, 11) is -1.48. The number of ether oxygens (including phenoxy) is 2. The van der Waals surface area contributed by atoms with Gasteiger partial charge in [0.2, 0.25) is 15.9 Å². The lowest BCUT2D eigenvalue weighted by Crippen LogP contribution is -2.38. The summed E-state index contributed by atoms with van der Waals surface area (Å²) in [5.41, 5.74) is 0.865. The van der Waals surface area contributed by atoms with Gasteiger partial charge in [0.25, 0.3) is 0 Å². The number of anilines is 2. The Bertz CT molecular complexity index is 1130. The quantitative estimate of drug-likeness (QED) is 0.620. The molecule has 11 heteroatoms. The molecule has 0 aliphatic rings. The van der Waals surface area contributed by atoms with E-state index in [4.69, 9.17) is 16.3 Å². The molecule has 0 atom stereocenters. The van der Waals surface area contributed by atoms with E-state index in [1.807, 2.05) is 0 Å². The van der Waals surface area contributed by atoms with Crippen molar-refractivity contribution in [2.24, 2.45) is 0 Å². The first-order valence-corrected chi connectivity index (χ1v) is 11.0. The van der Waals surface area contributed by atoms with Crippen molar-refractivity contribution in [3.8, 4) is 0 Å². The van der Waals surface area contributed by atoms with Crippen molar-refractivity contribution in [2.45, 2.75) is 6.92 Å². The minimum atomic E-state index is -3.83. The lowest BCUT2D eigenvalue weighted by Gasteiger charge is -2.24. The molecule has 0 aromatic heterocycles. The van der Waals surface area contributed by atoms with Gasteiger partial charge in [-0.3, -0.25) is 9.10 Å². The minimum absolute atomic E-state index is 0.0166. The molecule has 0 saturated heterocycles. The third-order valence-electron chi connectivity index (χ3n) is 4.24. The second-order valence-electron chi connectivity index (χ2n) is 6.49. The number of hydrogen-bond donors (Lipinski definition) is 1. The van der Waals surface area contributed by atoms with Gasteiger partial charge in [-0.2, -0.15) is 0 Å². The number of nitrogens with one attached hydrogen (secondary N) is 1. The summed E-state index contributed by atoms with van der Waals surface area (Å²) in [5, 5.41) is 2.89. The predicted molar refractivity (Wildman–Crippen MR) is 116 cm³/mol. The average Bonchev–Trinajstić information content (AvgIpc) is 2.70. The number of amides is 1. The van der Waals surface area contributed by atoms with Crippen LogP contribution >= 0.6 is 11.6 Å². The molecular formula is C20H21ClN2O7S. The molecule has 31 heavy (non-hydrogen) atoms. The largest absolute Gasteiger partial charge is 0.465 e. The zero-order valence-corrected chi connectivity index (χ0v) is 18.8. The topological polar surface area (TPSA) is 119 Å². The van der Waals surface area contributed by atoms with Crippen LogP contribution in [0.15, 0.2) is 36.4 Å². The molecule has 0 aliphatic heterocycles. The van der Waals surface area contributed by atoms with E-state index in [9.17, 15) is 22.8 Å². The number of halogens is 1. The molecule has 1 amide bonds. The highest BCUT2D eigenvalue weighted by atomic mass is 35.5. The zero-order valence-electron chi connectivity index (χ0n) is 17.3. The highest BCUT2D eigenvalue weighted by Gasteiger charge is 2.24. The van der Waals surface area contributed by atoms with Crippen LogP contribution in [-0.2, 0) is 24.3 Å². The standard InChI is InChI=1S/C20H21ClN2O7S/c1-12-9-14(21)6-8-17(12)23(31(4,27)28)11-18(24)22-16-10-13(19(25)29-2)5-7-15(16)20(26)30-3/h5-10H,11H2,1-4H3,(H,22,24). The van der Waals surface area contributed by atoms with Crippen LogP contribution in [0.25, 0.3) is 0 Å². The van der Waals surface area contributed by atoms with Gasteiger partial charge in [-0.25, -0.2) is 18.0 Å². The van der Waals surface area contributed by atoms with Crippen LogP contribution in [-0.4, -0.2) is 53.3 Å². The van der Waals surface area contributed by atoms with Gasteiger partial charge in [-0.1, -0.05) is 11.6 Å². The van der Waals surface area contributed by atoms with Crippen molar-refractivity contribution in [1.29, 1.82) is 0 Å². The monoisotopic (exact) mass is 468 g/mol. The summed E-state index contributed by atoms with van der Waals surface area (Å²) >= 11 is 5.93. The normalized spacial score (nSPS) is 10.9. The average molecular weight is 469 g/mol. The molecule has 0 bridgehead atoms. The maximum absolute atomic E-state index is 12.7. The number of esters is 2. The predicted octanol–water partition coefficient (Wildman–Crippen LogP) is 2.63. The molecule has 0 saturated carbocycles. The van der Waals surface area contributed by atoms with Crippen molar-refractivity contribution in [1.82, 2.24) is 0 Å². The summed E-state index contributed by atoms with van der Waals surface area (Å²) in [6.45, 7) is 1.08. The van der Waals surface area contributed by atoms with Crippen molar-refractivity contribution >= 4 is 50.8 Å². The Balaban J connectivity index is 2.40. The minimum Gasteiger partial charge on any atom is -0.465 e. The number of nitrogens with zero attached hydrogens (tertiary/aromatic N) is 1. The highest BCUT2D eigenvalue weighted by molar-refractivity contribution is 7.92. The molecule has 0 radical (unpaired) electrons. The SMILES string of the molecule is COC(=O)c1ccc(C(=O)OC)c(NC(=O)CN(c2ccc(Cl)cc2C)S(C)(=O)=O)c1. The number of carbonyl (C=O) groups excluding carboxylic acids is 3. The van der Waals surface area contributed by atoms with E-state index in [0.29, 0.717) is 10.6 Å². The van der Waals surface area contributed by atoms with E-state index in [0.717, 1.165) is 17.7 Å². The maximum Gasteiger partial charge on any atom is 0.339 e. The van der Waals surface area contributed by atoms with Crippen molar-refractivity contribution in [2.75, 3.05) is 36.6 Å². The Morgan fingerprint density at radius 1 is 1.03 bits per heavy atom. The van der Waals surface area contributed by atoms with Gasteiger partial charge in [-0.15, -0.1) is 0 Å². The smallest absolute Gasteiger partial charge is 0.339 e. The summed E-state index contributed by atoms with van der Waals surface area (Å²) in [6, 6.07) is 8.45. The number of hydrogen-bond acceptors (Lipinski definition) is 7. The molecule has 2 rings (SSSR count). The molecule has 0 aliphatic carbocycles. The fourth-order valence-electron chi connectivity index (χ4n) is 2.78. The first-order valence-electron chi connectivity index (χ1n) is 8.82. The molecule has 0 spiro atoms. The molecule has 0 fully saturated rings. The zero-order chi connectivity index (χ0) is 23.3. The Morgan fingerprint density at radius 2 is 1.68 bits per heavy atom. The van der Waals surface area contributed by atoms with E-state index in [1.54, 1.807) is 13.0 Å². The van der Waals surface area contributed by atoms with Crippen LogP contribution < -0.4 is 9.62 Å². The number of rotatable bonds is 7. The number of methoxy groups -OCH3 is 2. The first kappa shape index (κ1) is 24.2. The third-order valence-corrected chi connectivity index (χ3v) is 5.60. The van der Waals surface area contributed by atoms with E-state index >= 15 is 0 Å². The number of carbonyl (C=O) groups is 3. The molecule has 0 unspecified atom stereocenters. The summed E-state index contributed by atoms with van der Waals surface area (Å²) in [4.78, 5) is 36.6. The molecular weight excluding hydrogens is 448 g/mol. The molecule has 9 nitrogen and oxygen atoms in total. The summed E-state index contributed by atoms with van der Waals surface area (Å²) in [6.07, 6.45) is 0.964. The summed E-state index contributed by atoms with van der Waals surface area (Å²) in [5.74, 6) is -2.17. The van der Waals surface area contributed by atoms with Gasteiger partial charge in [0, 0.05) is 5.02 Å². The first-order chi connectivity index (χ1) is 14.5. The van der Waals surface area contributed by atoms with Gasteiger partial charge in [0.05, 0.1) is 43.0 Å². The van der Waals surface area contributed by atoms with Crippen LogP contribution in [0.3, 0.4) is 0 Å². The molecule has 2 aromatic carbocycles. The molecule has 1 N–H and O–H groups in total. The van der Waals surface area contributed by atoms with Gasteiger partial charge in [0.1, 0.15) is 6.54 Å². The van der Waals surface area contributed by atoms with E-state index < -0.39 is 34.4 Å². The van der Waals surface area contributed by atoms with Crippen molar-refractivity contribution in [3.05, 3.63) is 58.1 Å². The van der Waals surface area contributed by atoms with Crippen LogP contribution in [0.1, 0.15) is 26.3 Å². The molecule has 2 aromatic rings. The van der Waals surface area contributed by atoms with Crippen molar-refractivity contribution < 1.29 is 32.3 Å². The Labute approximate surface area is 184 Å². The highest BCUT2D eigenvalue weighted by Crippen LogP contribution is 2.26. The van der Waals surface area contributed by atoms with E-state index in [2.05, 4.69) is 10.1 Å². The molecule has 0 heterocycles. The summed E-state index contributed by atoms with van der Waals surface area (Å²) < 4.78 is 34.9. The molecule has 166 valence electrons. The second kappa shape index (κ2) is 9.80. The van der Waals surface area contributed by atoms with Crippen LogP contribution in [0.5, 0.6) is 0 Å². The van der Waals surface area contributed by atoms with Crippen molar-refractivity contribution in [3.63, 3.8) is 0 Å².